The van der Waals surface area contributed by atoms with Crippen LogP contribution in [0.1, 0.15) is 6.92 Å². The quantitative estimate of drug-likeness (QED) is 0.490. The highest BCUT2D eigenvalue weighted by molar-refractivity contribution is 7.90. The summed E-state index contributed by atoms with van der Waals surface area (Å²) in [6.07, 6.45) is -2.31. The van der Waals surface area contributed by atoms with Crippen LogP contribution in [0.5, 0.6) is 0 Å². The lowest BCUT2D eigenvalue weighted by Gasteiger charge is -2.16. The Morgan fingerprint density at radius 1 is 1.39 bits per heavy atom. The van der Waals surface area contributed by atoms with Gasteiger partial charge in [-0.25, -0.2) is 13.1 Å². The van der Waals surface area contributed by atoms with E-state index in [1.54, 1.807) is 6.92 Å². The average Bonchev–Trinajstić information content (AvgIpc) is 2.80. The molecule has 2 heterocycles. The third kappa shape index (κ3) is 2.41. The van der Waals surface area contributed by atoms with Crippen molar-refractivity contribution in [2.45, 2.75) is 30.5 Å². The number of nitrogens with one attached hydrogen (secondary N) is 1. The summed E-state index contributed by atoms with van der Waals surface area (Å²) in [6, 6.07) is 0. The Hall–Kier alpha value is -0.970. The highest BCUT2D eigenvalue weighted by Gasteiger charge is 2.53. The van der Waals surface area contributed by atoms with Crippen LogP contribution in [-0.4, -0.2) is 56.8 Å². The van der Waals surface area contributed by atoms with Crippen LogP contribution in [0.25, 0.3) is 0 Å². The van der Waals surface area contributed by atoms with Crippen molar-refractivity contribution >= 4 is 10.0 Å². The van der Waals surface area contributed by atoms with E-state index in [1.165, 1.54) is 0 Å². The second-order valence-corrected chi connectivity index (χ2v) is 6.03. The molecule has 0 saturated carbocycles. The highest BCUT2D eigenvalue weighted by atomic mass is 32.2. The van der Waals surface area contributed by atoms with Gasteiger partial charge in [0.05, 0.1) is 13.2 Å². The van der Waals surface area contributed by atoms with E-state index in [1.807, 2.05) is 0 Å². The average molecular weight is 282 g/mol. The first-order chi connectivity index (χ1) is 8.45. The number of ether oxygens (including phenoxy) is 2. The Bertz CT molecular complexity index is 425. The molecule has 4 atom stereocenters. The predicted octanol–water partition coefficient (Wildman–Crippen LogP) is -1.33. The van der Waals surface area contributed by atoms with E-state index in [2.05, 4.69) is 9.56 Å². The zero-order chi connectivity index (χ0) is 13.3. The van der Waals surface area contributed by atoms with Gasteiger partial charge in [0.25, 0.3) is 5.09 Å². The maximum atomic E-state index is 11.9. The van der Waals surface area contributed by atoms with Gasteiger partial charge in [-0.05, 0) is 0 Å². The van der Waals surface area contributed by atoms with Crippen molar-refractivity contribution in [1.82, 2.24) is 4.72 Å². The minimum absolute atomic E-state index is 0.0472. The Morgan fingerprint density at radius 3 is 2.67 bits per heavy atom. The van der Waals surface area contributed by atoms with E-state index in [0.29, 0.717) is 0 Å². The van der Waals surface area contributed by atoms with Crippen LogP contribution in [0.15, 0.2) is 0 Å². The summed E-state index contributed by atoms with van der Waals surface area (Å²) >= 11 is 0. The van der Waals surface area contributed by atoms with Crippen molar-refractivity contribution < 1.29 is 27.8 Å². The lowest BCUT2D eigenvalue weighted by Crippen LogP contribution is -2.43. The molecule has 2 aliphatic rings. The fourth-order valence-electron chi connectivity index (χ4n) is 2.20. The van der Waals surface area contributed by atoms with Crippen LogP contribution in [0.4, 0.5) is 0 Å². The molecule has 104 valence electrons. The van der Waals surface area contributed by atoms with E-state index < -0.39 is 38.7 Å². The molecule has 0 spiro atoms. The molecule has 0 radical (unpaired) electrons. The van der Waals surface area contributed by atoms with Crippen LogP contribution in [0.2, 0.25) is 0 Å². The summed E-state index contributed by atoms with van der Waals surface area (Å²) in [5, 5.41) is 8.48. The fraction of sp³-hybridized carbons (Fsp3) is 1.00. The number of hydrogen-bond acceptors (Lipinski definition) is 7. The molecule has 0 aromatic carbocycles. The molecule has 0 amide bonds. The molecule has 18 heavy (non-hydrogen) atoms. The lowest BCUT2D eigenvalue weighted by molar-refractivity contribution is -0.769. The summed E-state index contributed by atoms with van der Waals surface area (Å²) in [4.78, 5) is 14.7. The highest BCUT2D eigenvalue weighted by Crippen LogP contribution is 2.31. The molecule has 0 aliphatic carbocycles. The van der Waals surface area contributed by atoms with Crippen LogP contribution in [0, 0.1) is 10.1 Å². The van der Waals surface area contributed by atoms with Gasteiger partial charge in [0.15, 0.2) is 6.10 Å². The number of hydrogen-bond donors (Lipinski definition) is 1. The summed E-state index contributed by atoms with van der Waals surface area (Å²) in [7, 11) is -3.54. The van der Waals surface area contributed by atoms with Crippen LogP contribution in [0.3, 0.4) is 0 Å². The van der Waals surface area contributed by atoms with Gasteiger partial charge >= 0.3 is 0 Å². The molecule has 1 N–H and O–H groups in total. The predicted molar refractivity (Wildman–Crippen MR) is 57.7 cm³/mol. The second-order valence-electron chi connectivity index (χ2n) is 4.04. The smallest absolute Gasteiger partial charge is 0.294 e. The van der Waals surface area contributed by atoms with Gasteiger partial charge in [-0.1, -0.05) is 6.92 Å². The summed E-state index contributed by atoms with van der Waals surface area (Å²) < 4.78 is 36.6. The van der Waals surface area contributed by atoms with Crippen molar-refractivity contribution in [3.8, 4) is 0 Å². The van der Waals surface area contributed by atoms with Crippen molar-refractivity contribution in [3.63, 3.8) is 0 Å². The van der Waals surface area contributed by atoms with Gasteiger partial charge in [0.1, 0.15) is 17.5 Å². The first-order valence-electron chi connectivity index (χ1n) is 5.48. The lowest BCUT2D eigenvalue weighted by atomic mass is 10.1. The molecule has 9 nitrogen and oxygen atoms in total. The number of nitrogens with zero attached hydrogens (tertiary/aromatic N) is 1. The molecule has 2 fully saturated rings. The monoisotopic (exact) mass is 282 g/mol. The molecule has 2 saturated heterocycles. The standard InChI is InChI=1S/C8H14N2O7S/c1-2-9-18(13,14)6-4-16-7-5(17-10(11)12)3-15-8(6)7/h5-9H,2-4H2,1H3/t5-,6-,7-,8-/m1/s1. The summed E-state index contributed by atoms with van der Waals surface area (Å²) in [5.41, 5.74) is 0. The first kappa shape index (κ1) is 13.5. The molecule has 2 rings (SSSR count). The van der Waals surface area contributed by atoms with Crippen molar-refractivity contribution in [1.29, 1.82) is 0 Å². The molecule has 0 aromatic heterocycles. The van der Waals surface area contributed by atoms with Gasteiger partial charge in [-0.15, -0.1) is 10.1 Å². The molecule has 0 aromatic rings. The number of sulfonamides is 1. The van der Waals surface area contributed by atoms with Crippen LogP contribution < -0.4 is 4.72 Å². The Kier molecular flexibility index (Phi) is 3.71. The van der Waals surface area contributed by atoms with E-state index in [9.17, 15) is 18.5 Å². The van der Waals surface area contributed by atoms with Crippen molar-refractivity contribution in [3.05, 3.63) is 10.1 Å². The van der Waals surface area contributed by atoms with E-state index in [4.69, 9.17) is 9.47 Å². The number of rotatable bonds is 5. The topological polar surface area (TPSA) is 117 Å². The fourth-order valence-corrected chi connectivity index (χ4v) is 3.67. The van der Waals surface area contributed by atoms with Gasteiger partial charge in [0, 0.05) is 6.54 Å². The molecule has 2 aliphatic heterocycles. The van der Waals surface area contributed by atoms with E-state index in [0.717, 1.165) is 0 Å². The van der Waals surface area contributed by atoms with Gasteiger partial charge < -0.3 is 14.3 Å². The zero-order valence-electron chi connectivity index (χ0n) is 9.64. The molecule has 0 bridgehead atoms. The van der Waals surface area contributed by atoms with Gasteiger partial charge in [-0.3, -0.25) is 0 Å². The van der Waals surface area contributed by atoms with Crippen molar-refractivity contribution in [2.75, 3.05) is 19.8 Å². The van der Waals surface area contributed by atoms with Gasteiger partial charge in [0.2, 0.25) is 10.0 Å². The van der Waals surface area contributed by atoms with Crippen molar-refractivity contribution in [2.24, 2.45) is 0 Å². The third-order valence-electron chi connectivity index (χ3n) is 2.93. The minimum Gasteiger partial charge on any atom is -0.372 e. The number of fused-ring (bicyclic) bond motifs is 1. The second kappa shape index (κ2) is 4.96. The summed E-state index contributed by atoms with van der Waals surface area (Å²) in [6.45, 7) is 1.83. The first-order valence-corrected chi connectivity index (χ1v) is 7.03. The molecular weight excluding hydrogens is 268 g/mol. The minimum atomic E-state index is -3.54. The normalized spacial score (nSPS) is 35.4. The van der Waals surface area contributed by atoms with E-state index in [-0.39, 0.29) is 19.8 Å². The largest absolute Gasteiger partial charge is 0.372 e. The maximum Gasteiger partial charge on any atom is 0.294 e. The third-order valence-corrected chi connectivity index (χ3v) is 4.82. The Morgan fingerprint density at radius 2 is 2.06 bits per heavy atom. The van der Waals surface area contributed by atoms with Crippen LogP contribution >= 0.6 is 0 Å². The SMILES string of the molecule is CCNS(=O)(=O)[C@@H]1CO[C@H]2[C@@H]1OC[C@H]2O[N+](=O)[O-]. The maximum absolute atomic E-state index is 11.9. The van der Waals surface area contributed by atoms with E-state index >= 15 is 0 Å². The summed E-state index contributed by atoms with van der Waals surface area (Å²) in [5.74, 6) is 0. The Labute approximate surface area is 104 Å². The van der Waals surface area contributed by atoms with Gasteiger partial charge in [-0.2, -0.15) is 0 Å². The molecular formula is C8H14N2O7S. The molecule has 0 unspecified atom stereocenters. The molecule has 10 heteroatoms. The Balaban J connectivity index is 2.07. The zero-order valence-corrected chi connectivity index (χ0v) is 10.5. The van der Waals surface area contributed by atoms with Crippen LogP contribution in [-0.2, 0) is 24.3 Å².